The van der Waals surface area contributed by atoms with Gasteiger partial charge < -0.3 is 5.32 Å². The van der Waals surface area contributed by atoms with E-state index in [0.29, 0.717) is 11.3 Å². The van der Waals surface area contributed by atoms with E-state index in [1.807, 2.05) is 13.8 Å². The number of alkyl halides is 1. The van der Waals surface area contributed by atoms with Gasteiger partial charge >= 0.3 is 5.69 Å². The molecule has 22 heavy (non-hydrogen) atoms. The number of pyridine rings is 1. The molecule has 1 amide bonds. The number of aryl methyl sites for hydroxylation is 1. The summed E-state index contributed by atoms with van der Waals surface area (Å²) in [6.45, 7) is 3.84. The topological polar surface area (TPSA) is 86.0 Å². The summed E-state index contributed by atoms with van der Waals surface area (Å²) < 4.78 is 2.27. The molecule has 8 heteroatoms. The standard InChI is InChI=1S/C14H17ClN4O3/c1-7(2)8-6-16-12-10(11(8)17-9(20)5-15)13(21)19(4)14(22)18(12)3/h6-7H,5H2,1-4H3,(H,16,17,20). The average molecular weight is 325 g/mol. The lowest BCUT2D eigenvalue weighted by Gasteiger charge is -2.16. The van der Waals surface area contributed by atoms with Gasteiger partial charge in [0.1, 0.15) is 11.3 Å². The lowest BCUT2D eigenvalue weighted by molar-refractivity contribution is -0.113. The molecule has 0 aliphatic heterocycles. The molecule has 0 aliphatic rings. The summed E-state index contributed by atoms with van der Waals surface area (Å²) >= 11 is 5.55. The van der Waals surface area contributed by atoms with E-state index in [0.717, 1.165) is 4.57 Å². The Bertz CT molecular complexity index is 867. The van der Waals surface area contributed by atoms with Crippen LogP contribution in [-0.2, 0) is 18.9 Å². The first-order valence-electron chi connectivity index (χ1n) is 6.74. The van der Waals surface area contributed by atoms with E-state index in [1.165, 1.54) is 18.7 Å². The highest BCUT2D eigenvalue weighted by molar-refractivity contribution is 6.29. The van der Waals surface area contributed by atoms with Crippen LogP contribution >= 0.6 is 11.6 Å². The van der Waals surface area contributed by atoms with Crippen LogP contribution in [0.3, 0.4) is 0 Å². The van der Waals surface area contributed by atoms with Gasteiger partial charge in [0.05, 0.1) is 5.69 Å². The number of halogens is 1. The van der Waals surface area contributed by atoms with Crippen LogP contribution in [0.1, 0.15) is 25.3 Å². The number of aromatic nitrogens is 3. The van der Waals surface area contributed by atoms with Gasteiger partial charge in [-0.25, -0.2) is 9.78 Å². The number of carbonyl (C=O) groups is 1. The van der Waals surface area contributed by atoms with Gasteiger partial charge in [-0.05, 0) is 11.5 Å². The van der Waals surface area contributed by atoms with E-state index in [9.17, 15) is 14.4 Å². The molecule has 0 atom stereocenters. The fraction of sp³-hybridized carbons (Fsp3) is 0.429. The molecular formula is C14H17ClN4O3. The van der Waals surface area contributed by atoms with Gasteiger partial charge in [-0.15, -0.1) is 11.6 Å². The normalized spacial score (nSPS) is 11.2. The van der Waals surface area contributed by atoms with Crippen molar-refractivity contribution < 1.29 is 4.79 Å². The molecular weight excluding hydrogens is 308 g/mol. The Morgan fingerprint density at radius 3 is 2.50 bits per heavy atom. The molecule has 118 valence electrons. The van der Waals surface area contributed by atoms with Crippen LogP contribution in [0.2, 0.25) is 0 Å². The molecule has 0 spiro atoms. The predicted molar refractivity (Wildman–Crippen MR) is 85.7 cm³/mol. The first kappa shape index (κ1) is 16.2. The molecule has 0 saturated carbocycles. The Labute approximate surface area is 131 Å². The first-order valence-corrected chi connectivity index (χ1v) is 7.27. The quantitative estimate of drug-likeness (QED) is 0.851. The minimum Gasteiger partial charge on any atom is -0.324 e. The maximum Gasteiger partial charge on any atom is 0.332 e. The second-order valence-electron chi connectivity index (χ2n) is 5.33. The molecule has 0 aromatic carbocycles. The molecule has 2 rings (SSSR count). The average Bonchev–Trinajstić information content (AvgIpc) is 2.49. The molecule has 2 aromatic heterocycles. The fourth-order valence-electron chi connectivity index (χ4n) is 2.29. The Kier molecular flexibility index (Phi) is 4.37. The Hall–Kier alpha value is -2.15. The van der Waals surface area contributed by atoms with Gasteiger partial charge in [0.15, 0.2) is 5.65 Å². The zero-order valence-corrected chi connectivity index (χ0v) is 13.6. The summed E-state index contributed by atoms with van der Waals surface area (Å²) in [4.78, 5) is 40.4. The van der Waals surface area contributed by atoms with E-state index < -0.39 is 17.2 Å². The molecule has 0 unspecified atom stereocenters. The third-order valence-corrected chi connectivity index (χ3v) is 3.75. The number of carbonyl (C=O) groups excluding carboxylic acids is 1. The molecule has 2 heterocycles. The van der Waals surface area contributed by atoms with Crippen molar-refractivity contribution in [2.45, 2.75) is 19.8 Å². The van der Waals surface area contributed by atoms with Crippen LogP contribution in [-0.4, -0.2) is 25.9 Å². The molecule has 0 radical (unpaired) electrons. The number of fused-ring (bicyclic) bond motifs is 1. The van der Waals surface area contributed by atoms with E-state index in [2.05, 4.69) is 10.3 Å². The Morgan fingerprint density at radius 2 is 1.95 bits per heavy atom. The monoisotopic (exact) mass is 324 g/mol. The van der Waals surface area contributed by atoms with Crippen LogP contribution < -0.4 is 16.6 Å². The summed E-state index contributed by atoms with van der Waals surface area (Å²) in [5.74, 6) is -0.621. The zero-order valence-electron chi connectivity index (χ0n) is 12.8. The van der Waals surface area contributed by atoms with Crippen LogP contribution in [0.5, 0.6) is 0 Å². The summed E-state index contributed by atoms with van der Waals surface area (Å²) in [5.41, 5.74) is 0.320. The van der Waals surface area contributed by atoms with E-state index >= 15 is 0 Å². The van der Waals surface area contributed by atoms with Crippen molar-refractivity contribution in [1.29, 1.82) is 0 Å². The lowest BCUT2D eigenvalue weighted by atomic mass is 10.0. The highest BCUT2D eigenvalue weighted by Gasteiger charge is 2.19. The predicted octanol–water partition coefficient (Wildman–Crippen LogP) is 0.933. The van der Waals surface area contributed by atoms with Crippen LogP contribution in [0.4, 0.5) is 5.69 Å². The van der Waals surface area contributed by atoms with E-state index in [1.54, 1.807) is 6.20 Å². The zero-order chi connectivity index (χ0) is 16.6. The molecule has 1 N–H and O–H groups in total. The third kappa shape index (κ3) is 2.52. The van der Waals surface area contributed by atoms with Crippen molar-refractivity contribution in [3.8, 4) is 0 Å². The van der Waals surface area contributed by atoms with Crippen LogP contribution in [0, 0.1) is 0 Å². The number of anilines is 1. The molecule has 0 saturated heterocycles. The lowest BCUT2D eigenvalue weighted by Crippen LogP contribution is -2.38. The molecule has 0 aliphatic carbocycles. The second kappa shape index (κ2) is 5.92. The fourth-order valence-corrected chi connectivity index (χ4v) is 2.36. The number of rotatable bonds is 3. The molecule has 0 fully saturated rings. The highest BCUT2D eigenvalue weighted by atomic mass is 35.5. The Balaban J connectivity index is 2.98. The summed E-state index contributed by atoms with van der Waals surface area (Å²) in [5, 5.41) is 2.86. The van der Waals surface area contributed by atoms with Crippen molar-refractivity contribution in [2.75, 3.05) is 11.2 Å². The second-order valence-corrected chi connectivity index (χ2v) is 5.60. The summed E-state index contributed by atoms with van der Waals surface area (Å²) in [7, 11) is 2.92. The smallest absolute Gasteiger partial charge is 0.324 e. The van der Waals surface area contributed by atoms with Crippen molar-refractivity contribution >= 4 is 34.2 Å². The van der Waals surface area contributed by atoms with Gasteiger partial charge in [-0.1, -0.05) is 13.8 Å². The molecule has 2 aromatic rings. The maximum atomic E-state index is 12.5. The van der Waals surface area contributed by atoms with Gasteiger partial charge in [-0.3, -0.25) is 18.7 Å². The van der Waals surface area contributed by atoms with Crippen molar-refractivity contribution in [1.82, 2.24) is 14.1 Å². The highest BCUT2D eigenvalue weighted by Crippen LogP contribution is 2.28. The largest absolute Gasteiger partial charge is 0.332 e. The van der Waals surface area contributed by atoms with Crippen LogP contribution in [0.25, 0.3) is 11.0 Å². The van der Waals surface area contributed by atoms with E-state index in [4.69, 9.17) is 11.6 Å². The number of hydrogen-bond donors (Lipinski definition) is 1. The van der Waals surface area contributed by atoms with Crippen LogP contribution in [0.15, 0.2) is 15.8 Å². The minimum absolute atomic E-state index is 0.0319. The number of hydrogen-bond acceptors (Lipinski definition) is 4. The van der Waals surface area contributed by atoms with Crippen molar-refractivity contribution in [3.05, 3.63) is 32.6 Å². The Morgan fingerprint density at radius 1 is 1.32 bits per heavy atom. The van der Waals surface area contributed by atoms with Gasteiger partial charge in [0, 0.05) is 20.3 Å². The summed E-state index contributed by atoms with van der Waals surface area (Å²) in [6.07, 6.45) is 1.57. The molecule has 7 nitrogen and oxygen atoms in total. The van der Waals surface area contributed by atoms with Crippen molar-refractivity contribution in [2.24, 2.45) is 14.1 Å². The SMILES string of the molecule is CC(C)c1cnc2c(c1NC(=O)CCl)c(=O)n(C)c(=O)n2C. The van der Waals surface area contributed by atoms with Gasteiger partial charge in [-0.2, -0.15) is 0 Å². The number of nitrogens with one attached hydrogen (secondary N) is 1. The number of nitrogens with zero attached hydrogens (tertiary/aromatic N) is 3. The number of amides is 1. The van der Waals surface area contributed by atoms with Gasteiger partial charge in [0.2, 0.25) is 5.91 Å². The molecule has 0 bridgehead atoms. The van der Waals surface area contributed by atoms with E-state index in [-0.39, 0.29) is 22.8 Å². The maximum absolute atomic E-state index is 12.5. The third-order valence-electron chi connectivity index (χ3n) is 3.51. The first-order chi connectivity index (χ1) is 10.3. The minimum atomic E-state index is -0.502. The van der Waals surface area contributed by atoms with Gasteiger partial charge in [0.25, 0.3) is 5.56 Å². The summed E-state index contributed by atoms with van der Waals surface area (Å²) in [6, 6.07) is 0. The van der Waals surface area contributed by atoms with Crippen molar-refractivity contribution in [3.63, 3.8) is 0 Å².